The average molecular weight is 524 g/mol. The Balaban J connectivity index is 1.99. The first-order valence-electron chi connectivity index (χ1n) is 10.3. The van der Waals surface area contributed by atoms with Gasteiger partial charge in [0.1, 0.15) is 40.0 Å². The second-order valence-corrected chi connectivity index (χ2v) is 10.1. The quantitative estimate of drug-likeness (QED) is 0.417. The van der Waals surface area contributed by atoms with E-state index >= 15 is 0 Å². The molecule has 2 heterocycles. The standard InChI is InChI=1S/C23H21N7O4S2/c1-27-22(31)19-10-14(8-9-28-19)13-35-23-18(12-25)20(17(11-24)21(26)29-23)15-4-6-16(7-5-15)34-36(32,33)30(2)3/h4-10H,13H2,1-3H3,(H2,26,29)(H,27,31). The molecular formula is C23H21N7O4S2. The van der Waals surface area contributed by atoms with Crippen molar-refractivity contribution >= 4 is 33.8 Å². The maximum atomic E-state index is 12.0. The van der Waals surface area contributed by atoms with Gasteiger partial charge in [-0.15, -0.1) is 11.8 Å². The van der Waals surface area contributed by atoms with Gasteiger partial charge in [0.15, 0.2) is 0 Å². The van der Waals surface area contributed by atoms with Crippen molar-refractivity contribution in [2.75, 3.05) is 26.9 Å². The summed E-state index contributed by atoms with van der Waals surface area (Å²) in [6.07, 6.45) is 1.51. The Labute approximate surface area is 212 Å². The molecule has 3 N–H and O–H groups in total. The highest BCUT2D eigenvalue weighted by atomic mass is 32.2. The van der Waals surface area contributed by atoms with Crippen molar-refractivity contribution in [2.45, 2.75) is 10.8 Å². The molecule has 36 heavy (non-hydrogen) atoms. The van der Waals surface area contributed by atoms with Crippen molar-refractivity contribution in [3.05, 3.63) is 65.0 Å². The second-order valence-electron chi connectivity index (χ2n) is 7.42. The molecule has 1 amide bonds. The minimum Gasteiger partial charge on any atom is -0.383 e. The topological polar surface area (TPSA) is 175 Å². The van der Waals surface area contributed by atoms with E-state index in [9.17, 15) is 23.7 Å². The van der Waals surface area contributed by atoms with Gasteiger partial charge in [-0.2, -0.15) is 23.2 Å². The van der Waals surface area contributed by atoms with Crippen LogP contribution in [0.1, 0.15) is 27.2 Å². The van der Waals surface area contributed by atoms with Gasteiger partial charge in [-0.1, -0.05) is 12.1 Å². The van der Waals surface area contributed by atoms with Crippen LogP contribution < -0.4 is 15.2 Å². The normalized spacial score (nSPS) is 10.9. The largest absolute Gasteiger partial charge is 0.384 e. The summed E-state index contributed by atoms with van der Waals surface area (Å²) >= 11 is 1.22. The second kappa shape index (κ2) is 11.0. The maximum Gasteiger partial charge on any atom is 0.384 e. The summed E-state index contributed by atoms with van der Waals surface area (Å²) in [6, 6.07) is 13.4. The van der Waals surface area contributed by atoms with Crippen molar-refractivity contribution in [3.8, 4) is 29.0 Å². The van der Waals surface area contributed by atoms with Crippen molar-refractivity contribution in [1.29, 1.82) is 10.5 Å². The van der Waals surface area contributed by atoms with Gasteiger partial charge in [0, 0.05) is 38.7 Å². The van der Waals surface area contributed by atoms with E-state index in [0.717, 1.165) is 9.87 Å². The molecule has 0 atom stereocenters. The van der Waals surface area contributed by atoms with Gasteiger partial charge in [0.2, 0.25) is 0 Å². The zero-order valence-corrected chi connectivity index (χ0v) is 21.1. The number of nitrogens with zero attached hydrogens (tertiary/aromatic N) is 5. The van der Waals surface area contributed by atoms with Crippen molar-refractivity contribution in [3.63, 3.8) is 0 Å². The van der Waals surface area contributed by atoms with Gasteiger partial charge in [0.25, 0.3) is 5.91 Å². The van der Waals surface area contributed by atoms with E-state index in [-0.39, 0.29) is 39.9 Å². The number of anilines is 1. The van der Waals surface area contributed by atoms with Crippen LogP contribution in [0.25, 0.3) is 11.1 Å². The Hall–Kier alpha value is -4.17. The minimum atomic E-state index is -3.95. The first-order chi connectivity index (χ1) is 17.1. The van der Waals surface area contributed by atoms with E-state index in [1.807, 2.05) is 6.07 Å². The predicted octanol–water partition coefficient (Wildman–Crippen LogP) is 2.31. The maximum absolute atomic E-state index is 12.0. The van der Waals surface area contributed by atoms with E-state index in [2.05, 4.69) is 21.4 Å². The number of nitrogens with two attached hydrogens (primary N) is 1. The molecule has 0 aliphatic rings. The van der Waals surface area contributed by atoms with Crippen LogP contribution >= 0.6 is 11.8 Å². The number of benzene rings is 1. The number of nitrogen functional groups attached to an aromatic ring is 1. The van der Waals surface area contributed by atoms with E-state index in [4.69, 9.17) is 9.92 Å². The van der Waals surface area contributed by atoms with Gasteiger partial charge in [-0.3, -0.25) is 9.78 Å². The summed E-state index contributed by atoms with van der Waals surface area (Å²) in [4.78, 5) is 20.2. The molecule has 0 aliphatic carbocycles. The first-order valence-corrected chi connectivity index (χ1v) is 12.6. The molecule has 0 unspecified atom stereocenters. The third-order valence-electron chi connectivity index (χ3n) is 4.87. The average Bonchev–Trinajstić information content (AvgIpc) is 2.86. The van der Waals surface area contributed by atoms with Crippen LogP contribution in [0, 0.1) is 22.7 Å². The summed E-state index contributed by atoms with van der Waals surface area (Å²) in [7, 11) is 0.243. The third kappa shape index (κ3) is 5.72. The molecule has 0 radical (unpaired) electrons. The molecule has 1 aromatic carbocycles. The molecule has 0 fully saturated rings. The van der Waals surface area contributed by atoms with E-state index in [0.29, 0.717) is 16.3 Å². The Morgan fingerprint density at radius 2 is 1.83 bits per heavy atom. The number of rotatable bonds is 8. The molecule has 13 heteroatoms. The van der Waals surface area contributed by atoms with Gasteiger partial charge in [0.05, 0.1) is 5.56 Å². The number of hydrogen-bond acceptors (Lipinski definition) is 10. The van der Waals surface area contributed by atoms with Crippen LogP contribution in [0.3, 0.4) is 0 Å². The van der Waals surface area contributed by atoms with Gasteiger partial charge < -0.3 is 15.2 Å². The smallest absolute Gasteiger partial charge is 0.383 e. The number of pyridine rings is 2. The summed E-state index contributed by atoms with van der Waals surface area (Å²) in [5, 5.41) is 22.5. The highest BCUT2D eigenvalue weighted by molar-refractivity contribution is 7.98. The summed E-state index contributed by atoms with van der Waals surface area (Å²) in [5.41, 5.74) is 7.98. The van der Waals surface area contributed by atoms with Gasteiger partial charge >= 0.3 is 10.3 Å². The van der Waals surface area contributed by atoms with Gasteiger partial charge in [-0.05, 0) is 35.4 Å². The molecule has 11 nitrogen and oxygen atoms in total. The Morgan fingerprint density at radius 3 is 2.42 bits per heavy atom. The van der Waals surface area contributed by atoms with Crippen molar-refractivity contribution in [2.24, 2.45) is 0 Å². The summed E-state index contributed by atoms with van der Waals surface area (Å²) in [5.74, 6) is 0.0399. The lowest BCUT2D eigenvalue weighted by molar-refractivity contribution is 0.0958. The Morgan fingerprint density at radius 1 is 1.17 bits per heavy atom. The number of nitrogens with one attached hydrogen (secondary N) is 1. The zero-order chi connectivity index (χ0) is 26.5. The number of aromatic nitrogens is 2. The van der Waals surface area contributed by atoms with Gasteiger partial charge in [-0.25, -0.2) is 4.98 Å². The first kappa shape index (κ1) is 26.4. The fourth-order valence-electron chi connectivity index (χ4n) is 3.03. The molecule has 3 rings (SSSR count). The highest BCUT2D eigenvalue weighted by Crippen LogP contribution is 2.37. The van der Waals surface area contributed by atoms with Crippen LogP contribution in [0.15, 0.2) is 47.6 Å². The fraction of sp³-hybridized carbons (Fsp3) is 0.174. The Kier molecular flexibility index (Phi) is 8.11. The van der Waals surface area contributed by atoms with Crippen molar-refractivity contribution in [1.82, 2.24) is 19.6 Å². The van der Waals surface area contributed by atoms with E-state index in [1.54, 1.807) is 12.1 Å². The summed E-state index contributed by atoms with van der Waals surface area (Å²) in [6.45, 7) is 0. The number of hydrogen-bond donors (Lipinski definition) is 2. The van der Waals surface area contributed by atoms with Crippen LogP contribution in [0.2, 0.25) is 0 Å². The molecule has 0 aliphatic heterocycles. The lowest BCUT2D eigenvalue weighted by Crippen LogP contribution is -2.26. The monoisotopic (exact) mass is 523 g/mol. The molecule has 3 aromatic rings. The van der Waals surface area contributed by atoms with Crippen LogP contribution in [0.5, 0.6) is 5.75 Å². The number of thioether (sulfide) groups is 1. The lowest BCUT2D eigenvalue weighted by Gasteiger charge is -2.14. The van der Waals surface area contributed by atoms with E-state index < -0.39 is 10.3 Å². The number of nitriles is 2. The zero-order valence-electron chi connectivity index (χ0n) is 19.5. The molecule has 2 aromatic heterocycles. The molecule has 184 valence electrons. The van der Waals surface area contributed by atoms with Crippen LogP contribution in [-0.4, -0.2) is 49.7 Å². The lowest BCUT2D eigenvalue weighted by atomic mass is 9.97. The SMILES string of the molecule is CNC(=O)c1cc(CSc2nc(N)c(C#N)c(-c3ccc(OS(=O)(=O)N(C)C)cc3)c2C#N)ccn1. The number of amides is 1. The number of carbonyl (C=O) groups excluding carboxylic acids is 1. The Bertz CT molecular complexity index is 1490. The minimum absolute atomic E-state index is 0.0243. The molecule has 0 bridgehead atoms. The molecular weight excluding hydrogens is 502 g/mol. The van der Waals surface area contributed by atoms with Crippen molar-refractivity contribution < 1.29 is 17.4 Å². The summed E-state index contributed by atoms with van der Waals surface area (Å²) < 4.78 is 29.9. The van der Waals surface area contributed by atoms with E-state index in [1.165, 1.54) is 63.4 Å². The fourth-order valence-corrected chi connectivity index (χ4v) is 4.47. The molecule has 0 spiro atoms. The molecule has 0 saturated heterocycles. The number of carbonyl (C=O) groups is 1. The molecule has 0 saturated carbocycles. The highest BCUT2D eigenvalue weighted by Gasteiger charge is 2.22. The van der Waals surface area contributed by atoms with Crippen LogP contribution in [-0.2, 0) is 16.1 Å². The predicted molar refractivity (Wildman–Crippen MR) is 134 cm³/mol. The third-order valence-corrected chi connectivity index (χ3v) is 7.21. The van der Waals surface area contributed by atoms with Crippen LogP contribution in [0.4, 0.5) is 5.82 Å².